The van der Waals surface area contributed by atoms with Crippen molar-refractivity contribution < 1.29 is 14.3 Å². The van der Waals surface area contributed by atoms with Gasteiger partial charge in [-0.25, -0.2) is 0 Å². The summed E-state index contributed by atoms with van der Waals surface area (Å²) in [4.78, 5) is 12.1. The third kappa shape index (κ3) is 3.90. The maximum Gasteiger partial charge on any atom is 0.315 e. The lowest BCUT2D eigenvalue weighted by Gasteiger charge is -2.07. The lowest BCUT2D eigenvalue weighted by Crippen LogP contribution is -2.11. The zero-order valence-corrected chi connectivity index (χ0v) is 14.2. The summed E-state index contributed by atoms with van der Waals surface area (Å²) in [5, 5.41) is 2.12. The number of esters is 1. The number of fused-ring (bicyclic) bond motifs is 1. The number of hydrogen-bond acceptors (Lipinski definition) is 3. The van der Waals surface area contributed by atoms with Gasteiger partial charge >= 0.3 is 5.97 Å². The van der Waals surface area contributed by atoms with Crippen LogP contribution in [0.4, 0.5) is 0 Å². The highest BCUT2D eigenvalue weighted by Gasteiger charge is 2.07. The molecule has 0 aliphatic carbocycles. The van der Waals surface area contributed by atoms with E-state index in [1.807, 2.05) is 54.6 Å². The van der Waals surface area contributed by atoms with Gasteiger partial charge in [-0.1, -0.05) is 40.2 Å². The quantitative estimate of drug-likeness (QED) is 0.490. The Labute approximate surface area is 143 Å². The van der Waals surface area contributed by atoms with Gasteiger partial charge in [-0.15, -0.1) is 0 Å². The molecule has 0 aliphatic rings. The van der Waals surface area contributed by atoms with E-state index in [0.717, 1.165) is 26.6 Å². The molecule has 0 N–H and O–H groups in total. The molecule has 0 radical (unpaired) electrons. The Hall–Kier alpha value is -2.33. The first-order chi connectivity index (χ1) is 11.1. The summed E-state index contributed by atoms with van der Waals surface area (Å²) in [7, 11) is 1.61. The molecule has 0 atom stereocenters. The molecular formula is C19H15BrO3. The van der Waals surface area contributed by atoms with Gasteiger partial charge in [0.1, 0.15) is 11.5 Å². The lowest BCUT2D eigenvalue weighted by molar-refractivity contribution is -0.133. The van der Waals surface area contributed by atoms with Crippen LogP contribution < -0.4 is 9.47 Å². The van der Waals surface area contributed by atoms with Gasteiger partial charge in [0, 0.05) is 4.47 Å². The summed E-state index contributed by atoms with van der Waals surface area (Å²) in [6, 6.07) is 19.0. The Bertz CT molecular complexity index is 841. The zero-order valence-electron chi connectivity index (χ0n) is 12.6. The molecule has 0 saturated heterocycles. The van der Waals surface area contributed by atoms with E-state index in [9.17, 15) is 4.79 Å². The van der Waals surface area contributed by atoms with E-state index < -0.39 is 0 Å². The number of ether oxygens (including phenoxy) is 2. The van der Waals surface area contributed by atoms with Crippen molar-refractivity contribution in [3.63, 3.8) is 0 Å². The number of carbonyl (C=O) groups is 1. The van der Waals surface area contributed by atoms with Crippen LogP contribution in [0.5, 0.6) is 11.5 Å². The molecule has 116 valence electrons. The van der Waals surface area contributed by atoms with Gasteiger partial charge in [-0.3, -0.25) is 4.79 Å². The van der Waals surface area contributed by atoms with Crippen LogP contribution in [0.25, 0.3) is 10.8 Å². The minimum atomic E-state index is -0.286. The fraction of sp³-hybridized carbons (Fsp3) is 0.105. The van der Waals surface area contributed by atoms with E-state index in [4.69, 9.17) is 9.47 Å². The van der Waals surface area contributed by atoms with Gasteiger partial charge in [0.15, 0.2) is 0 Å². The minimum Gasteiger partial charge on any atom is -0.497 e. The average molecular weight is 371 g/mol. The summed E-state index contributed by atoms with van der Waals surface area (Å²) in [6.07, 6.45) is 0.225. The second kappa shape index (κ2) is 6.84. The van der Waals surface area contributed by atoms with Crippen LogP contribution in [0.15, 0.2) is 65.1 Å². The fourth-order valence-electron chi connectivity index (χ4n) is 2.34. The SMILES string of the molecule is COc1ccc(CC(=O)Oc2ccc3cc(Br)ccc3c2)cc1. The molecular weight excluding hydrogens is 356 g/mol. The predicted molar refractivity (Wildman–Crippen MR) is 94.0 cm³/mol. The molecule has 3 rings (SSSR count). The maximum atomic E-state index is 12.1. The summed E-state index contributed by atoms with van der Waals surface area (Å²) in [5.41, 5.74) is 0.889. The highest BCUT2D eigenvalue weighted by Crippen LogP contribution is 2.24. The first kappa shape index (κ1) is 15.6. The van der Waals surface area contributed by atoms with Crippen LogP contribution >= 0.6 is 15.9 Å². The third-order valence-electron chi connectivity index (χ3n) is 3.51. The molecule has 3 nitrogen and oxygen atoms in total. The highest BCUT2D eigenvalue weighted by atomic mass is 79.9. The Morgan fingerprint density at radius 2 is 1.57 bits per heavy atom. The monoisotopic (exact) mass is 370 g/mol. The number of hydrogen-bond donors (Lipinski definition) is 0. The normalized spacial score (nSPS) is 10.5. The van der Waals surface area contributed by atoms with Crippen molar-refractivity contribution in [3.8, 4) is 11.5 Å². The Kier molecular flexibility index (Phi) is 4.63. The number of halogens is 1. The average Bonchev–Trinajstić information content (AvgIpc) is 2.55. The second-order valence-corrected chi connectivity index (χ2v) is 6.07. The van der Waals surface area contributed by atoms with Crippen molar-refractivity contribution in [2.75, 3.05) is 7.11 Å². The molecule has 0 spiro atoms. The van der Waals surface area contributed by atoms with Gasteiger partial charge in [-0.05, 0) is 52.7 Å². The number of methoxy groups -OCH3 is 1. The third-order valence-corrected chi connectivity index (χ3v) is 4.01. The van der Waals surface area contributed by atoms with Gasteiger partial charge in [0.05, 0.1) is 13.5 Å². The second-order valence-electron chi connectivity index (χ2n) is 5.15. The van der Waals surface area contributed by atoms with E-state index in [2.05, 4.69) is 15.9 Å². The van der Waals surface area contributed by atoms with Gasteiger partial charge < -0.3 is 9.47 Å². The van der Waals surface area contributed by atoms with Crippen molar-refractivity contribution in [2.45, 2.75) is 6.42 Å². The van der Waals surface area contributed by atoms with Crippen LogP contribution in [0.3, 0.4) is 0 Å². The molecule has 0 aromatic heterocycles. The highest BCUT2D eigenvalue weighted by molar-refractivity contribution is 9.10. The van der Waals surface area contributed by atoms with Crippen molar-refractivity contribution in [2.24, 2.45) is 0 Å². The molecule has 0 unspecified atom stereocenters. The van der Waals surface area contributed by atoms with Crippen LogP contribution in [-0.2, 0) is 11.2 Å². The van der Waals surface area contributed by atoms with Gasteiger partial charge in [0.2, 0.25) is 0 Å². The van der Waals surface area contributed by atoms with Gasteiger partial charge in [0.25, 0.3) is 0 Å². The van der Waals surface area contributed by atoms with E-state index in [0.29, 0.717) is 5.75 Å². The van der Waals surface area contributed by atoms with Crippen LogP contribution in [0.1, 0.15) is 5.56 Å². The molecule has 3 aromatic rings. The molecule has 0 amide bonds. The van der Waals surface area contributed by atoms with Crippen LogP contribution in [0.2, 0.25) is 0 Å². The lowest BCUT2D eigenvalue weighted by atomic mass is 10.1. The summed E-state index contributed by atoms with van der Waals surface area (Å²) in [5.74, 6) is 1.03. The van der Waals surface area contributed by atoms with Crippen LogP contribution in [-0.4, -0.2) is 13.1 Å². The smallest absolute Gasteiger partial charge is 0.315 e. The molecule has 0 heterocycles. The summed E-state index contributed by atoms with van der Waals surface area (Å²) < 4.78 is 11.6. The minimum absolute atomic E-state index is 0.225. The van der Waals surface area contributed by atoms with E-state index >= 15 is 0 Å². The predicted octanol–water partition coefficient (Wildman–Crippen LogP) is 4.76. The Morgan fingerprint density at radius 1 is 0.913 bits per heavy atom. The molecule has 4 heteroatoms. The molecule has 23 heavy (non-hydrogen) atoms. The first-order valence-electron chi connectivity index (χ1n) is 7.17. The van der Waals surface area contributed by atoms with Crippen molar-refractivity contribution in [3.05, 3.63) is 70.7 Å². The van der Waals surface area contributed by atoms with E-state index in [-0.39, 0.29) is 12.4 Å². The maximum absolute atomic E-state index is 12.1. The fourth-order valence-corrected chi connectivity index (χ4v) is 2.71. The summed E-state index contributed by atoms with van der Waals surface area (Å²) >= 11 is 3.44. The Morgan fingerprint density at radius 3 is 2.30 bits per heavy atom. The molecule has 0 bridgehead atoms. The van der Waals surface area contributed by atoms with Crippen LogP contribution in [0, 0.1) is 0 Å². The Balaban J connectivity index is 1.70. The van der Waals surface area contributed by atoms with Crippen molar-refractivity contribution in [1.82, 2.24) is 0 Å². The van der Waals surface area contributed by atoms with E-state index in [1.165, 1.54) is 0 Å². The van der Waals surface area contributed by atoms with E-state index in [1.54, 1.807) is 13.2 Å². The topological polar surface area (TPSA) is 35.5 Å². The largest absolute Gasteiger partial charge is 0.497 e. The standard InChI is InChI=1S/C19H15BrO3/c1-22-17-7-2-13(3-8-17)10-19(21)23-18-9-5-14-11-16(20)6-4-15(14)12-18/h2-9,11-12H,10H2,1H3. The molecule has 3 aromatic carbocycles. The molecule has 0 fully saturated rings. The molecule has 0 aliphatic heterocycles. The van der Waals surface area contributed by atoms with Gasteiger partial charge in [-0.2, -0.15) is 0 Å². The van der Waals surface area contributed by atoms with Crippen molar-refractivity contribution >= 4 is 32.7 Å². The summed E-state index contributed by atoms with van der Waals surface area (Å²) in [6.45, 7) is 0. The van der Waals surface area contributed by atoms with Crippen molar-refractivity contribution in [1.29, 1.82) is 0 Å². The zero-order chi connectivity index (χ0) is 16.2. The number of rotatable bonds is 4. The number of carbonyl (C=O) groups excluding carboxylic acids is 1. The number of benzene rings is 3. The molecule has 0 saturated carbocycles. The first-order valence-corrected chi connectivity index (χ1v) is 7.96.